The number of carbonyl (C=O) groups is 1. The van der Waals surface area contributed by atoms with Gasteiger partial charge in [0.1, 0.15) is 5.82 Å². The highest BCUT2D eigenvalue weighted by Gasteiger charge is 2.20. The van der Waals surface area contributed by atoms with Gasteiger partial charge in [-0.15, -0.1) is 0 Å². The minimum absolute atomic E-state index is 0.0300. The molecule has 0 unspecified atom stereocenters. The SMILES string of the molecule is Nc1ccc(F)c(NC(=O)CN2CCCS(=O)(=O)CC2)c1. The van der Waals surface area contributed by atoms with Crippen molar-refractivity contribution < 1.29 is 17.6 Å². The highest BCUT2D eigenvalue weighted by molar-refractivity contribution is 7.91. The highest BCUT2D eigenvalue weighted by Crippen LogP contribution is 2.17. The fourth-order valence-corrected chi connectivity index (χ4v) is 3.49. The molecule has 1 heterocycles. The smallest absolute Gasteiger partial charge is 0.238 e. The lowest BCUT2D eigenvalue weighted by Gasteiger charge is -2.18. The number of carbonyl (C=O) groups excluding carboxylic acids is 1. The summed E-state index contributed by atoms with van der Waals surface area (Å²) < 4.78 is 36.5. The standard InChI is InChI=1S/C13H18FN3O3S/c14-11-3-2-10(15)8-12(11)16-13(18)9-17-4-1-6-21(19,20)7-5-17/h2-3,8H,1,4-7,9,15H2,(H,16,18). The van der Waals surface area contributed by atoms with Crippen LogP contribution in [-0.4, -0.2) is 50.4 Å². The summed E-state index contributed by atoms with van der Waals surface area (Å²) >= 11 is 0. The minimum atomic E-state index is -3.01. The predicted octanol–water partition coefficient (Wildman–Crippen LogP) is 0.467. The normalized spacial score (nSPS) is 18.9. The maximum Gasteiger partial charge on any atom is 0.238 e. The summed E-state index contributed by atoms with van der Waals surface area (Å²) in [6, 6.07) is 3.94. The zero-order valence-electron chi connectivity index (χ0n) is 11.5. The zero-order chi connectivity index (χ0) is 15.5. The Morgan fingerprint density at radius 3 is 2.86 bits per heavy atom. The van der Waals surface area contributed by atoms with Crippen LogP contribution < -0.4 is 11.1 Å². The van der Waals surface area contributed by atoms with E-state index in [1.165, 1.54) is 18.2 Å². The van der Waals surface area contributed by atoms with Gasteiger partial charge in [-0.2, -0.15) is 0 Å². The van der Waals surface area contributed by atoms with Crippen LogP contribution in [0.1, 0.15) is 6.42 Å². The van der Waals surface area contributed by atoms with Gasteiger partial charge in [0.05, 0.1) is 23.7 Å². The predicted molar refractivity (Wildman–Crippen MR) is 79.2 cm³/mol. The van der Waals surface area contributed by atoms with Crippen molar-refractivity contribution in [1.82, 2.24) is 4.90 Å². The molecule has 8 heteroatoms. The number of rotatable bonds is 3. The van der Waals surface area contributed by atoms with Crippen LogP contribution in [0.3, 0.4) is 0 Å². The van der Waals surface area contributed by atoms with Gasteiger partial charge >= 0.3 is 0 Å². The van der Waals surface area contributed by atoms with Gasteiger partial charge in [0.2, 0.25) is 5.91 Å². The third-order valence-corrected chi connectivity index (χ3v) is 5.00. The maximum absolute atomic E-state index is 13.5. The second-order valence-electron chi connectivity index (χ2n) is 5.07. The lowest BCUT2D eigenvalue weighted by molar-refractivity contribution is -0.117. The number of benzene rings is 1. The van der Waals surface area contributed by atoms with Crippen molar-refractivity contribution in [3.05, 3.63) is 24.0 Å². The van der Waals surface area contributed by atoms with E-state index in [4.69, 9.17) is 5.73 Å². The lowest BCUT2D eigenvalue weighted by Crippen LogP contribution is -2.35. The lowest BCUT2D eigenvalue weighted by atomic mass is 10.2. The van der Waals surface area contributed by atoms with Gasteiger partial charge in [-0.1, -0.05) is 0 Å². The van der Waals surface area contributed by atoms with Crippen molar-refractivity contribution in [3.63, 3.8) is 0 Å². The number of nitrogens with one attached hydrogen (secondary N) is 1. The van der Waals surface area contributed by atoms with Crippen molar-refractivity contribution in [1.29, 1.82) is 0 Å². The van der Waals surface area contributed by atoms with Crippen LogP contribution in [0.5, 0.6) is 0 Å². The van der Waals surface area contributed by atoms with E-state index >= 15 is 0 Å². The molecular weight excluding hydrogens is 297 g/mol. The zero-order valence-corrected chi connectivity index (χ0v) is 12.3. The molecule has 1 amide bonds. The van der Waals surface area contributed by atoms with Crippen molar-refractivity contribution in [3.8, 4) is 0 Å². The Balaban J connectivity index is 1.94. The largest absolute Gasteiger partial charge is 0.399 e. The number of amides is 1. The first kappa shape index (κ1) is 15.7. The van der Waals surface area contributed by atoms with Crippen LogP contribution in [0.15, 0.2) is 18.2 Å². The van der Waals surface area contributed by atoms with Crippen LogP contribution >= 0.6 is 0 Å². The third-order valence-electron chi connectivity index (χ3n) is 3.28. The molecule has 1 saturated heterocycles. The van der Waals surface area contributed by atoms with Crippen LogP contribution in [0.4, 0.5) is 15.8 Å². The molecule has 1 aromatic carbocycles. The first-order valence-corrected chi connectivity index (χ1v) is 8.45. The van der Waals surface area contributed by atoms with E-state index in [2.05, 4.69) is 5.32 Å². The van der Waals surface area contributed by atoms with Gasteiger partial charge in [0, 0.05) is 12.2 Å². The molecule has 1 aromatic rings. The minimum Gasteiger partial charge on any atom is -0.399 e. The Labute approximate surface area is 123 Å². The Morgan fingerprint density at radius 2 is 2.10 bits per heavy atom. The number of anilines is 2. The van der Waals surface area contributed by atoms with Crippen LogP contribution in [0, 0.1) is 5.82 Å². The van der Waals surface area contributed by atoms with E-state index in [9.17, 15) is 17.6 Å². The third kappa shape index (κ3) is 4.68. The number of hydrogen-bond acceptors (Lipinski definition) is 5. The summed E-state index contributed by atoms with van der Waals surface area (Å²) in [4.78, 5) is 13.7. The van der Waals surface area contributed by atoms with Crippen LogP contribution in [-0.2, 0) is 14.6 Å². The molecule has 0 spiro atoms. The van der Waals surface area contributed by atoms with E-state index in [0.29, 0.717) is 25.2 Å². The Kier molecular flexibility index (Phi) is 4.79. The van der Waals surface area contributed by atoms with Crippen LogP contribution in [0.25, 0.3) is 0 Å². The summed E-state index contributed by atoms with van der Waals surface area (Å²) in [6.45, 7) is 0.880. The Bertz CT molecular complexity index is 634. The quantitative estimate of drug-likeness (QED) is 0.791. The van der Waals surface area contributed by atoms with E-state index in [-0.39, 0.29) is 23.7 Å². The number of nitrogen functional groups attached to an aromatic ring is 1. The summed E-state index contributed by atoms with van der Waals surface area (Å²) in [6.07, 6.45) is 0.502. The maximum atomic E-state index is 13.5. The van der Waals surface area contributed by atoms with E-state index in [1.54, 1.807) is 4.90 Å². The fourth-order valence-electron chi connectivity index (χ4n) is 2.18. The average Bonchev–Trinajstić information content (AvgIpc) is 2.55. The second kappa shape index (κ2) is 6.40. The molecule has 2 rings (SSSR count). The summed E-state index contributed by atoms with van der Waals surface area (Å²) in [7, 11) is -3.01. The van der Waals surface area contributed by atoms with Crippen molar-refractivity contribution in [2.45, 2.75) is 6.42 Å². The second-order valence-corrected chi connectivity index (χ2v) is 7.37. The van der Waals surface area contributed by atoms with Gasteiger partial charge in [0.25, 0.3) is 0 Å². The van der Waals surface area contributed by atoms with E-state index < -0.39 is 21.6 Å². The number of hydrogen-bond donors (Lipinski definition) is 2. The molecule has 6 nitrogen and oxygen atoms in total. The van der Waals surface area contributed by atoms with Crippen molar-refractivity contribution >= 4 is 27.1 Å². The molecule has 1 fully saturated rings. The fraction of sp³-hybridized carbons (Fsp3) is 0.462. The molecule has 3 N–H and O–H groups in total. The monoisotopic (exact) mass is 315 g/mol. The number of nitrogens with two attached hydrogens (primary N) is 1. The average molecular weight is 315 g/mol. The van der Waals surface area contributed by atoms with Gasteiger partial charge in [0.15, 0.2) is 9.84 Å². The molecule has 0 radical (unpaired) electrons. The Hall–Kier alpha value is -1.67. The number of halogens is 1. The van der Waals surface area contributed by atoms with Gasteiger partial charge in [-0.3, -0.25) is 9.69 Å². The van der Waals surface area contributed by atoms with Crippen molar-refractivity contribution in [2.24, 2.45) is 0 Å². The van der Waals surface area contributed by atoms with Gasteiger partial charge < -0.3 is 11.1 Å². The summed E-state index contributed by atoms with van der Waals surface area (Å²) in [5, 5.41) is 2.45. The highest BCUT2D eigenvalue weighted by atomic mass is 32.2. The first-order chi connectivity index (χ1) is 9.85. The topological polar surface area (TPSA) is 92.5 Å². The van der Waals surface area contributed by atoms with Crippen molar-refractivity contribution in [2.75, 3.05) is 42.2 Å². The molecule has 1 aliphatic rings. The van der Waals surface area contributed by atoms with Gasteiger partial charge in [-0.25, -0.2) is 12.8 Å². The first-order valence-electron chi connectivity index (χ1n) is 6.63. The molecule has 0 aromatic heterocycles. The molecule has 0 aliphatic carbocycles. The molecule has 0 bridgehead atoms. The number of nitrogens with zero attached hydrogens (tertiary/aromatic N) is 1. The molecule has 1 aliphatic heterocycles. The van der Waals surface area contributed by atoms with E-state index in [0.717, 1.165) is 0 Å². The molecule has 0 saturated carbocycles. The van der Waals surface area contributed by atoms with Crippen LogP contribution in [0.2, 0.25) is 0 Å². The molecule has 0 atom stereocenters. The Morgan fingerprint density at radius 1 is 1.33 bits per heavy atom. The van der Waals surface area contributed by atoms with Gasteiger partial charge in [-0.05, 0) is 31.2 Å². The molecular formula is C13H18FN3O3S. The summed E-state index contributed by atoms with van der Waals surface area (Å²) in [5.41, 5.74) is 5.93. The molecule has 21 heavy (non-hydrogen) atoms. The van der Waals surface area contributed by atoms with E-state index in [1.807, 2.05) is 0 Å². The molecule has 116 valence electrons. The number of sulfone groups is 1. The summed E-state index contributed by atoms with van der Waals surface area (Å²) in [5.74, 6) is -0.753.